The quantitative estimate of drug-likeness (QED) is 0.572. The minimum absolute atomic E-state index is 0.158. The molecule has 8 nitrogen and oxygen atoms in total. The third-order valence-electron chi connectivity index (χ3n) is 4.10. The number of carbonyl (C=O) groups excluding carboxylic acids is 2. The van der Waals surface area contributed by atoms with Crippen molar-refractivity contribution >= 4 is 35.0 Å². The van der Waals surface area contributed by atoms with E-state index in [9.17, 15) is 9.59 Å². The molecule has 2 amide bonds. The predicted octanol–water partition coefficient (Wildman–Crippen LogP) is 2.91. The van der Waals surface area contributed by atoms with E-state index in [1.165, 1.54) is 13.1 Å². The van der Waals surface area contributed by atoms with E-state index in [1.54, 1.807) is 18.2 Å². The van der Waals surface area contributed by atoms with Crippen LogP contribution in [-0.4, -0.2) is 28.8 Å². The van der Waals surface area contributed by atoms with E-state index in [4.69, 9.17) is 5.73 Å². The number of primary amides is 1. The van der Waals surface area contributed by atoms with Gasteiger partial charge in [0.1, 0.15) is 11.4 Å². The van der Waals surface area contributed by atoms with Gasteiger partial charge in [-0.15, -0.1) is 0 Å². The van der Waals surface area contributed by atoms with E-state index < -0.39 is 5.91 Å². The van der Waals surface area contributed by atoms with Crippen molar-refractivity contribution in [1.82, 2.24) is 9.97 Å². The van der Waals surface area contributed by atoms with Gasteiger partial charge in [0, 0.05) is 38.1 Å². The number of amides is 2. The maximum absolute atomic E-state index is 11.9. The zero-order chi connectivity index (χ0) is 20.8. The zero-order valence-electron chi connectivity index (χ0n) is 16.2. The highest BCUT2D eigenvalue weighted by Crippen LogP contribution is 2.23. The van der Waals surface area contributed by atoms with Gasteiger partial charge in [-0.3, -0.25) is 9.59 Å². The highest BCUT2D eigenvalue weighted by molar-refractivity contribution is 5.97. The Bertz CT molecular complexity index is 1020. The van der Waals surface area contributed by atoms with Crippen LogP contribution in [-0.2, 0) is 11.3 Å². The number of hydrogen-bond acceptors (Lipinski definition) is 6. The molecule has 0 saturated heterocycles. The van der Waals surface area contributed by atoms with Crippen molar-refractivity contribution in [3.63, 3.8) is 0 Å². The lowest BCUT2D eigenvalue weighted by atomic mass is 10.2. The molecule has 0 aliphatic heterocycles. The standard InChI is InChI=1S/C21H22N6O2/c1-14(28)24-16-9-6-10-17(11-16)25-21-23-12-18(19(22)29)20(26-21)27(2)13-15-7-4-3-5-8-15/h3-12H,13H2,1-2H3,(H2,22,29)(H,24,28)(H,23,25,26). The lowest BCUT2D eigenvalue weighted by molar-refractivity contribution is -0.114. The number of hydrogen-bond donors (Lipinski definition) is 3. The van der Waals surface area contributed by atoms with Crippen LogP contribution in [0.5, 0.6) is 0 Å². The summed E-state index contributed by atoms with van der Waals surface area (Å²) in [6.07, 6.45) is 1.41. The van der Waals surface area contributed by atoms with Gasteiger partial charge in [-0.05, 0) is 23.8 Å². The molecule has 29 heavy (non-hydrogen) atoms. The second-order valence-electron chi connectivity index (χ2n) is 6.52. The van der Waals surface area contributed by atoms with E-state index in [1.807, 2.05) is 48.3 Å². The first-order valence-corrected chi connectivity index (χ1v) is 8.99. The number of nitrogens with two attached hydrogens (primary N) is 1. The summed E-state index contributed by atoms with van der Waals surface area (Å²) in [5.74, 6) is -0.0186. The van der Waals surface area contributed by atoms with Gasteiger partial charge < -0.3 is 21.3 Å². The lowest BCUT2D eigenvalue weighted by Gasteiger charge is -2.21. The SMILES string of the molecule is CC(=O)Nc1cccc(Nc2ncc(C(N)=O)c(N(C)Cc3ccccc3)n2)c1. The first-order chi connectivity index (χ1) is 13.9. The molecule has 0 saturated carbocycles. The monoisotopic (exact) mass is 390 g/mol. The number of anilines is 4. The van der Waals surface area contributed by atoms with Crippen molar-refractivity contribution in [2.45, 2.75) is 13.5 Å². The molecule has 0 aliphatic carbocycles. The molecule has 148 valence electrons. The molecule has 4 N–H and O–H groups in total. The van der Waals surface area contributed by atoms with Crippen LogP contribution in [0.2, 0.25) is 0 Å². The third-order valence-corrected chi connectivity index (χ3v) is 4.10. The molecule has 8 heteroatoms. The summed E-state index contributed by atoms with van der Waals surface area (Å²) in [5.41, 5.74) is 8.16. The average molecular weight is 390 g/mol. The van der Waals surface area contributed by atoms with Crippen molar-refractivity contribution in [3.05, 3.63) is 71.9 Å². The van der Waals surface area contributed by atoms with Crippen molar-refractivity contribution in [2.24, 2.45) is 5.73 Å². The lowest BCUT2D eigenvalue weighted by Crippen LogP contribution is -2.24. The minimum atomic E-state index is -0.598. The van der Waals surface area contributed by atoms with Crippen LogP contribution in [0.15, 0.2) is 60.8 Å². The predicted molar refractivity (Wildman–Crippen MR) is 113 cm³/mol. The summed E-state index contributed by atoms with van der Waals surface area (Å²) in [4.78, 5) is 33.6. The fraction of sp³-hybridized carbons (Fsp3) is 0.143. The second-order valence-corrected chi connectivity index (χ2v) is 6.52. The van der Waals surface area contributed by atoms with Gasteiger partial charge in [-0.1, -0.05) is 36.4 Å². The molecular formula is C21H22N6O2. The van der Waals surface area contributed by atoms with Crippen molar-refractivity contribution in [3.8, 4) is 0 Å². The Hall–Kier alpha value is -3.94. The highest BCUT2D eigenvalue weighted by atomic mass is 16.1. The van der Waals surface area contributed by atoms with Crippen molar-refractivity contribution in [2.75, 3.05) is 22.6 Å². The molecule has 2 aromatic carbocycles. The molecule has 0 bridgehead atoms. The van der Waals surface area contributed by atoms with Gasteiger partial charge in [0.25, 0.3) is 5.91 Å². The van der Waals surface area contributed by atoms with Crippen molar-refractivity contribution < 1.29 is 9.59 Å². The molecule has 3 rings (SSSR count). The molecule has 0 fully saturated rings. The Morgan fingerprint density at radius 3 is 2.48 bits per heavy atom. The molecule has 0 aliphatic rings. The maximum Gasteiger partial charge on any atom is 0.254 e. The van der Waals surface area contributed by atoms with Crippen LogP contribution in [0.3, 0.4) is 0 Å². The van der Waals surface area contributed by atoms with Crippen LogP contribution in [0.25, 0.3) is 0 Å². The van der Waals surface area contributed by atoms with Gasteiger partial charge in [0.15, 0.2) is 0 Å². The molecule has 1 aromatic heterocycles. The summed E-state index contributed by atoms with van der Waals surface area (Å²) in [6, 6.07) is 17.0. The van der Waals surface area contributed by atoms with Crippen LogP contribution < -0.4 is 21.3 Å². The summed E-state index contributed by atoms with van der Waals surface area (Å²) in [7, 11) is 1.84. The first kappa shape index (κ1) is 19.8. The molecule has 0 spiro atoms. The average Bonchev–Trinajstić information content (AvgIpc) is 2.68. The number of rotatable bonds is 7. The molecule has 0 radical (unpaired) electrons. The van der Waals surface area contributed by atoms with Gasteiger partial charge in [-0.2, -0.15) is 4.98 Å². The number of aromatic nitrogens is 2. The van der Waals surface area contributed by atoms with E-state index in [0.717, 1.165) is 5.56 Å². The molecular weight excluding hydrogens is 368 g/mol. The summed E-state index contributed by atoms with van der Waals surface area (Å²) < 4.78 is 0. The fourth-order valence-corrected chi connectivity index (χ4v) is 2.84. The first-order valence-electron chi connectivity index (χ1n) is 8.99. The Morgan fingerprint density at radius 1 is 1.07 bits per heavy atom. The van der Waals surface area contributed by atoms with Crippen LogP contribution in [0.4, 0.5) is 23.1 Å². The van der Waals surface area contributed by atoms with E-state index in [0.29, 0.717) is 29.7 Å². The van der Waals surface area contributed by atoms with Gasteiger partial charge >= 0.3 is 0 Å². The van der Waals surface area contributed by atoms with Gasteiger partial charge in [-0.25, -0.2) is 4.98 Å². The van der Waals surface area contributed by atoms with E-state index in [2.05, 4.69) is 20.6 Å². The molecule has 3 aromatic rings. The highest BCUT2D eigenvalue weighted by Gasteiger charge is 2.16. The summed E-state index contributed by atoms with van der Waals surface area (Å²) >= 11 is 0. The topological polar surface area (TPSA) is 113 Å². The maximum atomic E-state index is 11.9. The Balaban J connectivity index is 1.86. The molecule has 0 atom stereocenters. The third kappa shape index (κ3) is 5.29. The largest absolute Gasteiger partial charge is 0.365 e. The van der Waals surface area contributed by atoms with E-state index >= 15 is 0 Å². The van der Waals surface area contributed by atoms with Crippen molar-refractivity contribution in [1.29, 1.82) is 0 Å². The molecule has 0 unspecified atom stereocenters. The smallest absolute Gasteiger partial charge is 0.254 e. The minimum Gasteiger partial charge on any atom is -0.365 e. The summed E-state index contributed by atoms with van der Waals surface area (Å²) in [6.45, 7) is 2.00. The Labute approximate surface area is 168 Å². The van der Waals surface area contributed by atoms with Crippen LogP contribution in [0, 0.1) is 0 Å². The Kier molecular flexibility index (Phi) is 6.03. The Morgan fingerprint density at radius 2 is 1.79 bits per heavy atom. The van der Waals surface area contributed by atoms with Gasteiger partial charge in [0.2, 0.25) is 11.9 Å². The van der Waals surface area contributed by atoms with Crippen LogP contribution in [0.1, 0.15) is 22.8 Å². The molecule has 1 heterocycles. The van der Waals surface area contributed by atoms with E-state index in [-0.39, 0.29) is 11.5 Å². The fourth-order valence-electron chi connectivity index (χ4n) is 2.84. The summed E-state index contributed by atoms with van der Waals surface area (Å²) in [5, 5.41) is 5.81. The number of carbonyl (C=O) groups is 2. The second kappa shape index (κ2) is 8.83. The number of nitrogens with zero attached hydrogens (tertiary/aromatic N) is 3. The van der Waals surface area contributed by atoms with Gasteiger partial charge in [0.05, 0.1) is 0 Å². The normalized spacial score (nSPS) is 10.3. The zero-order valence-corrected chi connectivity index (χ0v) is 16.2. The van der Waals surface area contributed by atoms with Crippen LogP contribution >= 0.6 is 0 Å². The number of nitrogens with one attached hydrogen (secondary N) is 2. The number of benzene rings is 2.